The average molecular weight is 217 g/mol. The van der Waals surface area contributed by atoms with Crippen LogP contribution in [0.4, 0.5) is 0 Å². The molecule has 1 aromatic rings. The molecule has 0 aliphatic heterocycles. The summed E-state index contributed by atoms with van der Waals surface area (Å²) in [5.74, 6) is -1.25. The lowest BCUT2D eigenvalue weighted by molar-refractivity contribution is 0.0694. The Balaban J connectivity index is 3.47. The van der Waals surface area contributed by atoms with Gasteiger partial charge in [-0.1, -0.05) is 19.2 Å². The highest BCUT2D eigenvalue weighted by Gasteiger charge is 2.10. The van der Waals surface area contributed by atoms with E-state index in [4.69, 9.17) is 5.11 Å². The van der Waals surface area contributed by atoms with Crippen LogP contribution in [0.2, 0.25) is 0 Å². The van der Waals surface area contributed by atoms with Crippen LogP contribution in [0.5, 0.6) is 0 Å². The van der Waals surface area contributed by atoms with E-state index in [1.807, 2.05) is 0 Å². The van der Waals surface area contributed by atoms with Gasteiger partial charge in [0.1, 0.15) is 5.56 Å². The van der Waals surface area contributed by atoms with E-state index in [0.717, 1.165) is 0 Å². The molecule has 1 rings (SSSR count). The van der Waals surface area contributed by atoms with Crippen LogP contribution in [0, 0.1) is 0 Å². The van der Waals surface area contributed by atoms with Crippen molar-refractivity contribution in [3.8, 4) is 0 Å². The largest absolute Gasteiger partial charge is 0.477 e. The first kappa shape index (κ1) is 11.7. The van der Waals surface area contributed by atoms with Gasteiger partial charge < -0.3 is 5.11 Å². The number of rotatable bonds is 4. The van der Waals surface area contributed by atoms with Gasteiger partial charge in [0, 0.05) is 11.9 Å². The van der Waals surface area contributed by atoms with Crippen molar-refractivity contribution < 1.29 is 9.90 Å². The number of aromatic carboxylic acids is 1. The maximum Gasteiger partial charge on any atom is 0.341 e. The SMILES string of the molecule is C=C/C=C(\C=C)n1cccc(C(=O)O)c1=O. The summed E-state index contributed by atoms with van der Waals surface area (Å²) in [6.07, 6.45) is 6.00. The minimum Gasteiger partial charge on any atom is -0.477 e. The van der Waals surface area contributed by atoms with E-state index in [9.17, 15) is 9.59 Å². The summed E-state index contributed by atoms with van der Waals surface area (Å²) in [7, 11) is 0. The number of hydrogen-bond donors (Lipinski definition) is 1. The fourth-order valence-corrected chi connectivity index (χ4v) is 1.23. The molecule has 0 bridgehead atoms. The number of nitrogens with zero attached hydrogens (tertiary/aromatic N) is 1. The van der Waals surface area contributed by atoms with Gasteiger partial charge in [0.15, 0.2) is 0 Å². The van der Waals surface area contributed by atoms with Gasteiger partial charge in [0.25, 0.3) is 5.56 Å². The highest BCUT2D eigenvalue weighted by molar-refractivity contribution is 5.87. The van der Waals surface area contributed by atoms with Crippen molar-refractivity contribution in [3.63, 3.8) is 0 Å². The van der Waals surface area contributed by atoms with E-state index in [2.05, 4.69) is 13.2 Å². The predicted molar refractivity (Wildman–Crippen MR) is 62.3 cm³/mol. The van der Waals surface area contributed by atoms with Crippen molar-refractivity contribution in [2.75, 3.05) is 0 Å². The van der Waals surface area contributed by atoms with E-state index in [1.165, 1.54) is 35.0 Å². The maximum atomic E-state index is 11.7. The molecule has 1 heterocycles. The zero-order valence-electron chi connectivity index (χ0n) is 8.59. The smallest absolute Gasteiger partial charge is 0.341 e. The molecule has 16 heavy (non-hydrogen) atoms. The Morgan fingerprint density at radius 1 is 1.44 bits per heavy atom. The van der Waals surface area contributed by atoms with Crippen molar-refractivity contribution >= 4 is 11.7 Å². The summed E-state index contributed by atoms with van der Waals surface area (Å²) in [5.41, 5.74) is -0.398. The van der Waals surface area contributed by atoms with Gasteiger partial charge in [0.05, 0.1) is 0 Å². The normalized spacial score (nSPS) is 10.9. The number of pyridine rings is 1. The Kier molecular flexibility index (Phi) is 3.61. The molecule has 0 radical (unpaired) electrons. The first-order chi connectivity index (χ1) is 7.61. The third kappa shape index (κ3) is 2.17. The molecule has 0 saturated carbocycles. The second-order valence-electron chi connectivity index (χ2n) is 2.93. The molecule has 0 aromatic carbocycles. The predicted octanol–water partition coefficient (Wildman–Crippen LogP) is 1.76. The average Bonchev–Trinajstić information content (AvgIpc) is 2.26. The number of aromatic nitrogens is 1. The van der Waals surface area contributed by atoms with E-state index in [-0.39, 0.29) is 5.56 Å². The Hall–Kier alpha value is -2.36. The molecule has 1 N–H and O–H groups in total. The van der Waals surface area contributed by atoms with Crippen LogP contribution < -0.4 is 5.56 Å². The topological polar surface area (TPSA) is 59.3 Å². The van der Waals surface area contributed by atoms with E-state index < -0.39 is 11.5 Å². The molecule has 0 aliphatic rings. The molecule has 0 amide bonds. The van der Waals surface area contributed by atoms with Crippen molar-refractivity contribution in [1.82, 2.24) is 4.57 Å². The van der Waals surface area contributed by atoms with Gasteiger partial charge in [-0.05, 0) is 24.3 Å². The number of allylic oxidation sites excluding steroid dienone is 4. The highest BCUT2D eigenvalue weighted by Crippen LogP contribution is 2.03. The first-order valence-electron chi connectivity index (χ1n) is 4.52. The molecule has 0 fully saturated rings. The lowest BCUT2D eigenvalue weighted by Gasteiger charge is -2.06. The van der Waals surface area contributed by atoms with Crippen molar-refractivity contribution in [2.45, 2.75) is 0 Å². The fourth-order valence-electron chi connectivity index (χ4n) is 1.23. The quantitative estimate of drug-likeness (QED) is 0.782. The van der Waals surface area contributed by atoms with Crippen LogP contribution >= 0.6 is 0 Å². The monoisotopic (exact) mass is 217 g/mol. The molecule has 0 aliphatic carbocycles. The van der Waals surface area contributed by atoms with E-state index in [1.54, 1.807) is 6.08 Å². The molecule has 4 heteroatoms. The number of carboxylic acid groups (broad SMARTS) is 1. The number of hydrogen-bond acceptors (Lipinski definition) is 2. The van der Waals surface area contributed by atoms with Gasteiger partial charge >= 0.3 is 5.97 Å². The fraction of sp³-hybridized carbons (Fsp3) is 0. The van der Waals surface area contributed by atoms with Crippen LogP contribution in [0.25, 0.3) is 5.70 Å². The van der Waals surface area contributed by atoms with Gasteiger partial charge in [-0.25, -0.2) is 4.79 Å². The van der Waals surface area contributed by atoms with Crippen LogP contribution in [0.1, 0.15) is 10.4 Å². The maximum absolute atomic E-state index is 11.7. The first-order valence-corrected chi connectivity index (χ1v) is 4.52. The Bertz CT molecular complexity index is 523. The van der Waals surface area contributed by atoms with Gasteiger partial charge in [-0.2, -0.15) is 0 Å². The van der Waals surface area contributed by atoms with Crippen LogP contribution in [-0.2, 0) is 0 Å². The Morgan fingerprint density at radius 3 is 2.62 bits per heavy atom. The number of carbonyl (C=O) groups is 1. The van der Waals surface area contributed by atoms with Crippen molar-refractivity contribution in [3.05, 3.63) is 65.6 Å². The van der Waals surface area contributed by atoms with Gasteiger partial charge in [-0.3, -0.25) is 9.36 Å². The zero-order valence-corrected chi connectivity index (χ0v) is 8.59. The summed E-state index contributed by atoms with van der Waals surface area (Å²) in [6.45, 7) is 7.05. The minimum absolute atomic E-state index is 0.278. The molecular formula is C12H11NO3. The summed E-state index contributed by atoms with van der Waals surface area (Å²) in [5, 5.41) is 8.80. The second-order valence-corrected chi connectivity index (χ2v) is 2.93. The van der Waals surface area contributed by atoms with E-state index >= 15 is 0 Å². The Labute approximate surface area is 92.5 Å². The molecule has 82 valence electrons. The molecule has 0 atom stereocenters. The third-order valence-electron chi connectivity index (χ3n) is 1.95. The lowest BCUT2D eigenvalue weighted by atomic mass is 10.2. The summed E-state index contributed by atoms with van der Waals surface area (Å²) in [4.78, 5) is 22.5. The molecule has 4 nitrogen and oxygen atoms in total. The zero-order chi connectivity index (χ0) is 12.1. The molecule has 0 spiro atoms. The second kappa shape index (κ2) is 4.93. The van der Waals surface area contributed by atoms with E-state index in [0.29, 0.717) is 5.70 Å². The van der Waals surface area contributed by atoms with Crippen molar-refractivity contribution in [1.29, 1.82) is 0 Å². The number of carboxylic acids is 1. The summed E-state index contributed by atoms with van der Waals surface area (Å²) < 4.78 is 1.21. The van der Waals surface area contributed by atoms with Crippen LogP contribution in [-0.4, -0.2) is 15.6 Å². The lowest BCUT2D eigenvalue weighted by Crippen LogP contribution is -2.24. The summed E-state index contributed by atoms with van der Waals surface area (Å²) in [6, 6.07) is 2.75. The molecule has 0 unspecified atom stereocenters. The highest BCUT2D eigenvalue weighted by atomic mass is 16.4. The summed E-state index contributed by atoms with van der Waals surface area (Å²) >= 11 is 0. The minimum atomic E-state index is -1.25. The molecule has 1 aromatic heterocycles. The molecule has 0 saturated heterocycles. The van der Waals surface area contributed by atoms with Gasteiger partial charge in [-0.15, -0.1) is 0 Å². The van der Waals surface area contributed by atoms with Crippen molar-refractivity contribution in [2.24, 2.45) is 0 Å². The molecular weight excluding hydrogens is 206 g/mol. The Morgan fingerprint density at radius 2 is 2.12 bits per heavy atom. The standard InChI is InChI=1S/C12H11NO3/c1-3-6-9(4-2)13-8-5-7-10(11(13)14)12(15)16/h3-8H,1-2H2,(H,15,16)/b9-6+. The van der Waals surface area contributed by atoms with Crippen LogP contribution in [0.15, 0.2) is 54.5 Å². The van der Waals surface area contributed by atoms with Crippen LogP contribution in [0.3, 0.4) is 0 Å². The third-order valence-corrected chi connectivity index (χ3v) is 1.95. The van der Waals surface area contributed by atoms with Gasteiger partial charge in [0.2, 0.25) is 0 Å².